The van der Waals surface area contributed by atoms with Gasteiger partial charge in [-0.15, -0.1) is 47.3 Å². The van der Waals surface area contributed by atoms with E-state index in [2.05, 4.69) is 52.3 Å². The van der Waals surface area contributed by atoms with Gasteiger partial charge in [0.1, 0.15) is 17.5 Å². The molecule has 2 aliphatic rings. The minimum atomic E-state index is -0.576. The van der Waals surface area contributed by atoms with E-state index in [9.17, 15) is 28.8 Å². The molecule has 13 nitrogen and oxygen atoms in total. The summed E-state index contributed by atoms with van der Waals surface area (Å²) in [4.78, 5) is 75.0. The number of ether oxygens (including phenoxy) is 1. The second-order valence-corrected chi connectivity index (χ2v) is 17.2. The van der Waals surface area contributed by atoms with E-state index in [1.54, 1.807) is 0 Å². The van der Waals surface area contributed by atoms with Crippen LogP contribution in [0.2, 0.25) is 0 Å². The van der Waals surface area contributed by atoms with Crippen molar-refractivity contribution in [2.24, 2.45) is 11.8 Å². The van der Waals surface area contributed by atoms with Gasteiger partial charge in [-0.05, 0) is 61.5 Å². The maximum absolute atomic E-state index is 12.7. The number of H-pyrrole nitrogens is 1. The second kappa shape index (κ2) is 16.4. The van der Waals surface area contributed by atoms with E-state index in [1.807, 2.05) is 13.8 Å². The third-order valence-corrected chi connectivity index (χ3v) is 7.45. The van der Waals surface area contributed by atoms with Crippen LogP contribution < -0.4 is 33.7 Å². The SMILES string of the molecule is BrB(Br)Br.C.CCc1cc(=O)oc2[nH]c(=O)n(CC3CC3)c(=O)c12.CCc1cc(=O)oc2c1c(=O)n(CC1CC1)c(=O)n2COC. The summed E-state index contributed by atoms with van der Waals surface area (Å²) in [5.41, 5.74) is -1.73. The summed E-state index contributed by atoms with van der Waals surface area (Å²) in [6, 6.07) is 2.62. The average molecular weight is 835 g/mol. The molecule has 6 rings (SSSR count). The molecule has 0 aromatic carbocycles. The Bertz CT molecular complexity index is 2050. The van der Waals surface area contributed by atoms with Crippen LogP contribution in [0.25, 0.3) is 22.2 Å². The Morgan fingerprint density at radius 2 is 1.28 bits per heavy atom. The highest BCUT2D eigenvalue weighted by Gasteiger charge is 2.26. The number of hydrogen-bond donors (Lipinski definition) is 1. The lowest BCUT2D eigenvalue weighted by atomic mass is 10.1. The monoisotopic (exact) mass is 832 g/mol. The van der Waals surface area contributed by atoms with Gasteiger partial charge in [0, 0.05) is 32.3 Å². The first-order valence-corrected chi connectivity index (χ1v) is 17.2. The highest BCUT2D eigenvalue weighted by Crippen LogP contribution is 2.30. The number of aromatic amines is 1. The highest BCUT2D eigenvalue weighted by molar-refractivity contribution is 9.69. The summed E-state index contributed by atoms with van der Waals surface area (Å²) in [5, 5.41) is 0.599. The molecule has 4 heterocycles. The van der Waals surface area contributed by atoms with Gasteiger partial charge in [-0.1, -0.05) is 21.3 Å². The van der Waals surface area contributed by atoms with Crippen molar-refractivity contribution in [1.29, 1.82) is 0 Å². The van der Waals surface area contributed by atoms with Crippen LogP contribution in [0.5, 0.6) is 0 Å². The molecule has 0 radical (unpaired) electrons. The van der Waals surface area contributed by atoms with Crippen molar-refractivity contribution in [3.05, 3.63) is 85.8 Å². The van der Waals surface area contributed by atoms with Crippen LogP contribution >= 0.6 is 47.3 Å². The fourth-order valence-corrected chi connectivity index (χ4v) is 4.90. The number of rotatable bonds is 8. The quantitative estimate of drug-likeness (QED) is 0.257. The van der Waals surface area contributed by atoms with Gasteiger partial charge in [0.15, 0.2) is 0 Å². The zero-order valence-electron chi connectivity index (χ0n) is 24.9. The van der Waals surface area contributed by atoms with Crippen molar-refractivity contribution < 1.29 is 13.6 Å². The van der Waals surface area contributed by atoms with E-state index < -0.39 is 22.6 Å². The molecule has 2 fully saturated rings. The average Bonchev–Trinajstić information content (AvgIpc) is 3.91. The molecule has 4 aromatic rings. The summed E-state index contributed by atoms with van der Waals surface area (Å²) >= 11 is 9.31. The molecule has 46 heavy (non-hydrogen) atoms. The van der Waals surface area contributed by atoms with Crippen molar-refractivity contribution in [3.8, 4) is 0 Å². The molecule has 0 spiro atoms. The van der Waals surface area contributed by atoms with Crippen LogP contribution in [-0.4, -0.2) is 29.0 Å². The molecule has 0 unspecified atom stereocenters. The van der Waals surface area contributed by atoms with Gasteiger partial charge in [0.05, 0.1) is 0 Å². The third-order valence-electron chi connectivity index (χ3n) is 7.45. The lowest BCUT2D eigenvalue weighted by Gasteiger charge is -2.13. The number of methoxy groups -OCH3 is 1. The van der Waals surface area contributed by atoms with Crippen molar-refractivity contribution >= 4 is 72.7 Å². The fourth-order valence-electron chi connectivity index (χ4n) is 4.90. The van der Waals surface area contributed by atoms with Crippen molar-refractivity contribution in [2.75, 3.05) is 7.11 Å². The molecule has 17 heteroatoms. The molecular weight excluding hydrogens is 799 g/mol. The van der Waals surface area contributed by atoms with Gasteiger partial charge < -0.3 is 13.6 Å². The standard InChI is InChI=1S/C15H18N2O5.C13H14N2O4.CH4.BBr3/c1-3-10-6-11(18)22-14-12(10)13(19)16(7-9-4-5-9)15(20)17(14)8-21-2;1-2-8-5-9(16)19-11-10(8)12(17)15(13(18)14-11)6-7-3-4-7;;2-1(3)4/h6,9H,3-5,7-8H2,1-2H3;5,7H,2-4,6H2,1H3,(H,14,18);1H4;. The van der Waals surface area contributed by atoms with E-state index in [4.69, 9.17) is 13.6 Å². The fraction of sp³-hybridized carbons (Fsp3) is 0.517. The molecule has 250 valence electrons. The number of nitrogens with zero attached hydrogens (tertiary/aromatic N) is 3. The summed E-state index contributed by atoms with van der Waals surface area (Å²) in [5.74, 6) is 0.789. The van der Waals surface area contributed by atoms with Gasteiger partial charge in [-0.2, -0.15) is 0 Å². The van der Waals surface area contributed by atoms with Crippen LogP contribution in [0.4, 0.5) is 0 Å². The summed E-state index contributed by atoms with van der Waals surface area (Å²) in [7, 11) is 1.44. The predicted molar refractivity (Wildman–Crippen MR) is 189 cm³/mol. The van der Waals surface area contributed by atoms with Crippen LogP contribution in [0, 0.1) is 11.8 Å². The molecule has 1 N–H and O–H groups in total. The highest BCUT2D eigenvalue weighted by atomic mass is 79.9. The molecule has 0 aliphatic heterocycles. The van der Waals surface area contributed by atoms with Crippen molar-refractivity contribution in [1.82, 2.24) is 18.7 Å². The van der Waals surface area contributed by atoms with E-state index >= 15 is 0 Å². The zero-order valence-corrected chi connectivity index (χ0v) is 29.7. The second-order valence-electron chi connectivity index (χ2n) is 10.8. The van der Waals surface area contributed by atoms with Gasteiger partial charge in [0.25, 0.3) is 11.1 Å². The Hall–Kier alpha value is -2.76. The van der Waals surface area contributed by atoms with Crippen LogP contribution in [0.1, 0.15) is 58.1 Å². The lowest BCUT2D eigenvalue weighted by molar-refractivity contribution is 0.125. The Morgan fingerprint density at radius 3 is 1.78 bits per heavy atom. The summed E-state index contributed by atoms with van der Waals surface area (Å²) in [6.45, 7) is 4.47. The number of fused-ring (bicyclic) bond motifs is 2. The Balaban J connectivity index is 0.000000222. The topological polar surface area (TPSA) is 169 Å². The maximum Gasteiger partial charge on any atom is 0.369 e. The van der Waals surface area contributed by atoms with E-state index in [1.165, 1.54) is 32.9 Å². The van der Waals surface area contributed by atoms with Gasteiger partial charge in [-0.3, -0.25) is 23.7 Å². The molecule has 2 saturated carbocycles. The molecule has 0 saturated heterocycles. The number of aromatic nitrogens is 4. The number of hydrogen-bond acceptors (Lipinski definition) is 9. The van der Waals surface area contributed by atoms with Crippen molar-refractivity contribution in [2.45, 2.75) is 79.6 Å². The number of aryl methyl sites for hydroxylation is 2. The third kappa shape index (κ3) is 8.98. The molecular formula is C29H36BBr3N4O9. The van der Waals surface area contributed by atoms with Gasteiger partial charge in [-0.25, -0.2) is 23.7 Å². The first-order chi connectivity index (χ1) is 21.4. The van der Waals surface area contributed by atoms with E-state index in [-0.39, 0.29) is 39.9 Å². The zero-order chi connectivity index (χ0) is 33.0. The largest absolute Gasteiger partial charge is 0.405 e. The van der Waals surface area contributed by atoms with Crippen LogP contribution in [0.3, 0.4) is 0 Å². The first kappa shape index (κ1) is 37.7. The first-order valence-electron chi connectivity index (χ1n) is 14.4. The Kier molecular flexibility index (Phi) is 13.4. The van der Waals surface area contributed by atoms with Gasteiger partial charge in [0.2, 0.25) is 11.4 Å². The molecule has 0 bridgehead atoms. The maximum atomic E-state index is 12.7. The smallest absolute Gasteiger partial charge is 0.369 e. The molecule has 2 aliphatic carbocycles. The Labute approximate surface area is 287 Å². The summed E-state index contributed by atoms with van der Waals surface area (Å²) < 4.78 is 19.0. The molecule has 0 atom stereocenters. The van der Waals surface area contributed by atoms with Crippen LogP contribution in [-0.2, 0) is 37.4 Å². The van der Waals surface area contributed by atoms with E-state index in [0.29, 0.717) is 59.7 Å². The van der Waals surface area contributed by atoms with Crippen LogP contribution in [0.15, 0.2) is 49.7 Å². The minimum Gasteiger partial charge on any atom is -0.405 e. The predicted octanol–water partition coefficient (Wildman–Crippen LogP) is 4.10. The van der Waals surface area contributed by atoms with Crippen molar-refractivity contribution in [3.63, 3.8) is 0 Å². The normalized spacial score (nSPS) is 13.8. The van der Waals surface area contributed by atoms with E-state index in [0.717, 1.165) is 25.7 Å². The summed E-state index contributed by atoms with van der Waals surface area (Å²) in [6.07, 6.45) is 5.19. The Morgan fingerprint density at radius 1 is 0.804 bits per heavy atom. The number of halogens is 3. The molecule has 4 aromatic heterocycles. The number of nitrogens with one attached hydrogen (secondary N) is 1. The minimum absolute atomic E-state index is 0. The lowest BCUT2D eigenvalue weighted by Crippen LogP contribution is -2.41. The van der Waals surface area contributed by atoms with Gasteiger partial charge >= 0.3 is 25.8 Å². The molecule has 0 amide bonds.